The van der Waals surface area contributed by atoms with Crippen LogP contribution < -0.4 is 4.90 Å². The van der Waals surface area contributed by atoms with E-state index in [1.165, 1.54) is 11.3 Å². The molecule has 0 N–H and O–H groups in total. The van der Waals surface area contributed by atoms with Crippen molar-refractivity contribution in [3.63, 3.8) is 0 Å². The van der Waals surface area contributed by atoms with Crippen molar-refractivity contribution in [2.75, 3.05) is 11.9 Å². The molecule has 0 unspecified atom stereocenters. The number of thiazole rings is 1. The highest BCUT2D eigenvalue weighted by Gasteiger charge is 2.23. The number of rotatable bonds is 5. The van der Waals surface area contributed by atoms with Crippen LogP contribution in [0.1, 0.15) is 15.2 Å². The van der Waals surface area contributed by atoms with Crippen LogP contribution in [0, 0.1) is 0 Å². The van der Waals surface area contributed by atoms with Crippen LogP contribution >= 0.6 is 22.7 Å². The average molecular weight is 377 g/mol. The molecular weight excluding hydrogens is 360 g/mol. The number of nitrogens with zero attached hydrogens (tertiary/aromatic N) is 2. The lowest BCUT2D eigenvalue weighted by Gasteiger charge is -2.15. The highest BCUT2D eigenvalue weighted by Crippen LogP contribution is 2.38. The van der Waals surface area contributed by atoms with Crippen molar-refractivity contribution in [2.24, 2.45) is 0 Å². The highest BCUT2D eigenvalue weighted by atomic mass is 32.1. The third-order valence-electron chi connectivity index (χ3n) is 4.04. The first kappa shape index (κ1) is 16.7. The van der Waals surface area contributed by atoms with Crippen LogP contribution in [0.4, 0.5) is 10.8 Å². The monoisotopic (exact) mass is 376 g/mol. The van der Waals surface area contributed by atoms with Gasteiger partial charge in [0.25, 0.3) is 0 Å². The number of ketones is 1. The van der Waals surface area contributed by atoms with Gasteiger partial charge in [0.15, 0.2) is 5.13 Å². The normalized spacial score (nSPS) is 10.7. The Balaban J connectivity index is 1.80. The molecule has 2 aromatic carbocycles. The highest BCUT2D eigenvalue weighted by molar-refractivity contribution is 7.19. The van der Waals surface area contributed by atoms with Crippen LogP contribution in [-0.4, -0.2) is 17.8 Å². The Hall–Kier alpha value is -2.76. The molecule has 0 fully saturated rings. The second-order valence-electron chi connectivity index (χ2n) is 5.74. The Bertz CT molecular complexity index is 1010. The summed E-state index contributed by atoms with van der Waals surface area (Å²) in [7, 11) is 1.98. The second-order valence-corrected chi connectivity index (χ2v) is 7.67. The summed E-state index contributed by atoms with van der Waals surface area (Å²) in [6.07, 6.45) is 0. The number of para-hydroxylation sites is 1. The second kappa shape index (κ2) is 7.23. The van der Waals surface area contributed by atoms with E-state index in [1.54, 1.807) is 11.3 Å². The zero-order valence-electron chi connectivity index (χ0n) is 14.1. The number of carbonyl (C=O) groups is 1. The van der Waals surface area contributed by atoms with E-state index in [-0.39, 0.29) is 5.78 Å². The quantitative estimate of drug-likeness (QED) is 0.408. The summed E-state index contributed by atoms with van der Waals surface area (Å²) in [6.45, 7) is 0. The van der Waals surface area contributed by atoms with Crippen molar-refractivity contribution >= 4 is 39.3 Å². The first-order chi connectivity index (χ1) is 12.7. The first-order valence-electron chi connectivity index (χ1n) is 8.17. The van der Waals surface area contributed by atoms with Gasteiger partial charge in [-0.05, 0) is 23.6 Å². The third-order valence-corrected chi connectivity index (χ3v) is 6.05. The number of carbonyl (C=O) groups excluding carboxylic acids is 1. The van der Waals surface area contributed by atoms with E-state index in [1.807, 2.05) is 90.1 Å². The molecule has 3 nitrogen and oxygen atoms in total. The molecule has 0 saturated heterocycles. The van der Waals surface area contributed by atoms with E-state index in [9.17, 15) is 4.79 Å². The molecule has 0 spiro atoms. The standard InChI is InChI=1S/C21H16N2OS2/c1-23(16-11-6-3-7-12-16)21-22-18(17-13-8-14-25-17)20(26-21)19(24)15-9-4-2-5-10-15/h2-14H,1H3. The number of benzene rings is 2. The predicted molar refractivity (Wildman–Crippen MR) is 110 cm³/mol. The van der Waals surface area contributed by atoms with Crippen molar-refractivity contribution in [2.45, 2.75) is 0 Å². The molecule has 0 radical (unpaired) electrons. The van der Waals surface area contributed by atoms with E-state index < -0.39 is 0 Å². The van der Waals surface area contributed by atoms with Crippen LogP contribution in [-0.2, 0) is 0 Å². The Morgan fingerprint density at radius 2 is 1.62 bits per heavy atom. The van der Waals surface area contributed by atoms with Gasteiger partial charge in [0.2, 0.25) is 5.78 Å². The molecule has 0 aliphatic rings. The minimum Gasteiger partial charge on any atom is -0.321 e. The van der Waals surface area contributed by atoms with Crippen molar-refractivity contribution in [3.8, 4) is 10.6 Å². The van der Waals surface area contributed by atoms with Gasteiger partial charge in [-0.15, -0.1) is 11.3 Å². The topological polar surface area (TPSA) is 33.2 Å². The summed E-state index contributed by atoms with van der Waals surface area (Å²) in [5.41, 5.74) is 2.48. The molecule has 26 heavy (non-hydrogen) atoms. The summed E-state index contributed by atoms with van der Waals surface area (Å²) in [6, 6.07) is 23.4. The molecule has 0 aliphatic heterocycles. The van der Waals surface area contributed by atoms with Gasteiger partial charge in [-0.3, -0.25) is 4.79 Å². The molecule has 0 atom stereocenters. The van der Waals surface area contributed by atoms with Crippen molar-refractivity contribution in [3.05, 3.63) is 88.6 Å². The smallest absolute Gasteiger partial charge is 0.205 e. The fraction of sp³-hybridized carbons (Fsp3) is 0.0476. The van der Waals surface area contributed by atoms with Gasteiger partial charge in [0.05, 0.1) is 4.88 Å². The maximum atomic E-state index is 13.1. The lowest BCUT2D eigenvalue weighted by molar-refractivity contribution is 0.104. The Labute approximate surface area is 160 Å². The molecular formula is C21H16N2OS2. The summed E-state index contributed by atoms with van der Waals surface area (Å²) in [5, 5.41) is 2.81. The van der Waals surface area contributed by atoms with Crippen LogP contribution in [0.2, 0.25) is 0 Å². The van der Waals surface area contributed by atoms with Gasteiger partial charge >= 0.3 is 0 Å². The molecule has 4 rings (SSSR count). The molecule has 0 amide bonds. The zero-order valence-corrected chi connectivity index (χ0v) is 15.8. The largest absolute Gasteiger partial charge is 0.321 e. The van der Waals surface area contributed by atoms with Crippen molar-refractivity contribution in [1.82, 2.24) is 4.98 Å². The van der Waals surface area contributed by atoms with Crippen LogP contribution in [0.3, 0.4) is 0 Å². The van der Waals surface area contributed by atoms with Crippen LogP contribution in [0.15, 0.2) is 78.2 Å². The molecule has 0 bridgehead atoms. The van der Waals surface area contributed by atoms with Gasteiger partial charge < -0.3 is 4.90 Å². The van der Waals surface area contributed by atoms with Crippen molar-refractivity contribution in [1.29, 1.82) is 0 Å². The molecule has 2 aromatic heterocycles. The first-order valence-corrected chi connectivity index (χ1v) is 9.87. The van der Waals surface area contributed by atoms with Crippen molar-refractivity contribution < 1.29 is 4.79 Å². The molecule has 4 aromatic rings. The fourth-order valence-corrected chi connectivity index (χ4v) is 4.48. The molecule has 0 saturated carbocycles. The fourth-order valence-electron chi connectivity index (χ4n) is 2.67. The summed E-state index contributed by atoms with van der Waals surface area (Å²) in [5.74, 6) is 0.0132. The summed E-state index contributed by atoms with van der Waals surface area (Å²) in [4.78, 5) is 21.6. The van der Waals surface area contributed by atoms with E-state index in [4.69, 9.17) is 4.98 Å². The maximum Gasteiger partial charge on any atom is 0.205 e. The van der Waals surface area contributed by atoms with E-state index in [0.29, 0.717) is 10.4 Å². The summed E-state index contributed by atoms with van der Waals surface area (Å²) >= 11 is 3.03. The van der Waals surface area contributed by atoms with Crippen LogP contribution in [0.25, 0.3) is 10.6 Å². The lowest BCUT2D eigenvalue weighted by Crippen LogP contribution is -2.08. The molecule has 128 valence electrons. The number of aromatic nitrogens is 1. The van der Waals surface area contributed by atoms with Gasteiger partial charge in [-0.1, -0.05) is 65.9 Å². The lowest BCUT2D eigenvalue weighted by atomic mass is 10.1. The molecule has 5 heteroatoms. The van der Waals surface area contributed by atoms with E-state index in [0.717, 1.165) is 21.4 Å². The Morgan fingerprint density at radius 1 is 0.923 bits per heavy atom. The number of thiophene rings is 1. The number of hydrogen-bond donors (Lipinski definition) is 0. The van der Waals surface area contributed by atoms with Gasteiger partial charge in [0, 0.05) is 18.3 Å². The van der Waals surface area contributed by atoms with E-state index in [2.05, 4.69) is 0 Å². The Morgan fingerprint density at radius 3 is 2.27 bits per heavy atom. The SMILES string of the molecule is CN(c1ccccc1)c1nc(-c2cccs2)c(C(=O)c2ccccc2)s1. The third kappa shape index (κ3) is 3.19. The molecule has 2 heterocycles. The minimum atomic E-state index is 0.0132. The number of anilines is 2. The van der Waals surface area contributed by atoms with Gasteiger partial charge in [-0.2, -0.15) is 0 Å². The van der Waals surface area contributed by atoms with E-state index >= 15 is 0 Å². The number of hydrogen-bond acceptors (Lipinski definition) is 5. The zero-order chi connectivity index (χ0) is 17.9. The summed E-state index contributed by atoms with van der Waals surface area (Å²) < 4.78 is 0. The average Bonchev–Trinajstić information content (AvgIpc) is 3.38. The van der Waals surface area contributed by atoms with Gasteiger partial charge in [-0.25, -0.2) is 4.98 Å². The van der Waals surface area contributed by atoms with Gasteiger partial charge in [0.1, 0.15) is 10.6 Å². The predicted octanol–water partition coefficient (Wildman–Crippen LogP) is 5.87. The molecule has 0 aliphatic carbocycles. The maximum absolute atomic E-state index is 13.1. The minimum absolute atomic E-state index is 0.0132. The van der Waals surface area contributed by atoms with Crippen LogP contribution in [0.5, 0.6) is 0 Å². The Kier molecular flexibility index (Phi) is 4.65.